The van der Waals surface area contributed by atoms with E-state index in [0.29, 0.717) is 0 Å². The maximum absolute atomic E-state index is 5.69. The average molecular weight is 256 g/mol. The van der Waals surface area contributed by atoms with Crippen molar-refractivity contribution in [1.29, 1.82) is 0 Å². The zero-order valence-corrected chi connectivity index (χ0v) is 9.57. The first-order valence-electron chi connectivity index (χ1n) is 2.48. The van der Waals surface area contributed by atoms with E-state index < -0.39 is 3.79 Å². The van der Waals surface area contributed by atoms with Gasteiger partial charge in [0.05, 0.1) is 4.58 Å². The summed E-state index contributed by atoms with van der Waals surface area (Å²) in [7, 11) is 0. The number of halogens is 3. The van der Waals surface area contributed by atoms with Crippen LogP contribution < -0.4 is 0 Å². The fourth-order valence-electron chi connectivity index (χ4n) is 0.491. The van der Waals surface area contributed by atoms with E-state index in [0.717, 1.165) is 10.2 Å². The van der Waals surface area contributed by atoms with Gasteiger partial charge in [0.2, 0.25) is 3.79 Å². The van der Waals surface area contributed by atoms with Crippen molar-refractivity contribution < 1.29 is 0 Å². The Hall–Kier alpha value is 1.92. The van der Waals surface area contributed by atoms with Gasteiger partial charge in [-0.05, 0) is 0 Å². The van der Waals surface area contributed by atoms with Crippen LogP contribution in [-0.2, 0) is 0 Å². The molecule has 1 rings (SSSR count). The van der Waals surface area contributed by atoms with Gasteiger partial charge in [-0.2, -0.15) is 0 Å². The van der Waals surface area contributed by atoms with Gasteiger partial charge in [-0.25, -0.2) is 0 Å². The zero-order valence-electron chi connectivity index (χ0n) is 4.85. The molecule has 0 atom stereocenters. The van der Waals surface area contributed by atoms with Gasteiger partial charge in [-0.3, -0.25) is 0 Å². The van der Waals surface area contributed by atoms with Gasteiger partial charge in [0.1, 0.15) is 0 Å². The predicted molar refractivity (Wildman–Crippen MR) is 56.6 cm³/mol. The highest BCUT2D eigenvalue weighted by molar-refractivity contribution is 8.32. The quantitative estimate of drug-likeness (QED) is 0.604. The summed E-state index contributed by atoms with van der Waals surface area (Å²) in [4.78, 5) is 0. The molecule has 1 saturated heterocycles. The lowest BCUT2D eigenvalue weighted by molar-refractivity contribution is 1.22. The molecule has 0 aromatic rings. The number of hydrogen-bond donors (Lipinski definition) is 0. The van der Waals surface area contributed by atoms with Crippen LogP contribution in [0, 0.1) is 0 Å². The maximum atomic E-state index is 5.69. The third-order valence-electron chi connectivity index (χ3n) is 0.873. The van der Waals surface area contributed by atoms with Crippen LogP contribution in [0.2, 0.25) is 0 Å². The normalized spacial score (nSPS) is 23.1. The third-order valence-corrected chi connectivity index (χ3v) is 6.85. The zero-order chi connectivity index (χ0) is 7.61. The van der Waals surface area contributed by atoms with Crippen molar-refractivity contribution in [2.45, 2.75) is 8.37 Å². The van der Waals surface area contributed by atoms with Crippen molar-refractivity contribution in [3.05, 3.63) is 0 Å². The highest BCUT2D eigenvalue weighted by atomic mass is 35.6. The standard InChI is InChI=1S/C4H5Cl3S3/c5-4(6,7)3-9-1-8-2-10-3/h3H,1-2H2. The van der Waals surface area contributed by atoms with Gasteiger partial charge < -0.3 is 0 Å². The van der Waals surface area contributed by atoms with Crippen molar-refractivity contribution in [3.63, 3.8) is 0 Å². The molecule has 0 amide bonds. The topological polar surface area (TPSA) is 0 Å². The van der Waals surface area contributed by atoms with E-state index in [1.54, 1.807) is 23.5 Å². The fraction of sp³-hybridized carbons (Fsp3) is 1.00. The van der Waals surface area contributed by atoms with E-state index in [1.807, 2.05) is 11.8 Å². The lowest BCUT2D eigenvalue weighted by atomic mass is 10.9. The molecule has 0 bridgehead atoms. The second-order valence-electron chi connectivity index (χ2n) is 1.65. The third kappa shape index (κ3) is 3.11. The molecular weight excluding hydrogens is 251 g/mol. The summed E-state index contributed by atoms with van der Waals surface area (Å²) in [5.74, 6) is 0. The Balaban J connectivity index is 2.39. The first-order valence-corrected chi connectivity index (χ1v) is 6.87. The summed E-state index contributed by atoms with van der Waals surface area (Å²) in [6, 6.07) is 0. The van der Waals surface area contributed by atoms with E-state index in [9.17, 15) is 0 Å². The molecule has 0 aliphatic carbocycles. The van der Waals surface area contributed by atoms with Crippen LogP contribution in [0.1, 0.15) is 0 Å². The van der Waals surface area contributed by atoms with E-state index in [2.05, 4.69) is 0 Å². The van der Waals surface area contributed by atoms with Crippen molar-refractivity contribution in [3.8, 4) is 0 Å². The molecule has 0 saturated carbocycles. The Morgan fingerprint density at radius 1 is 1.10 bits per heavy atom. The van der Waals surface area contributed by atoms with Gasteiger partial charge in [-0.1, -0.05) is 34.8 Å². The second-order valence-corrected chi connectivity index (χ2v) is 8.22. The Labute approximate surface area is 88.1 Å². The van der Waals surface area contributed by atoms with E-state index >= 15 is 0 Å². The largest absolute Gasteiger partial charge is 0.211 e. The van der Waals surface area contributed by atoms with Crippen molar-refractivity contribution in [2.24, 2.45) is 0 Å². The molecular formula is C4H5Cl3S3. The molecule has 1 aliphatic heterocycles. The Morgan fingerprint density at radius 2 is 1.60 bits per heavy atom. The van der Waals surface area contributed by atoms with Crippen molar-refractivity contribution >= 4 is 70.1 Å². The minimum absolute atomic E-state index is 0.110. The van der Waals surface area contributed by atoms with E-state index in [4.69, 9.17) is 34.8 Å². The molecule has 0 radical (unpaired) electrons. The molecule has 0 nitrogen and oxygen atoms in total. The molecule has 10 heavy (non-hydrogen) atoms. The minimum atomic E-state index is -1.10. The fourth-order valence-corrected chi connectivity index (χ4v) is 6.03. The molecule has 0 aromatic carbocycles. The Morgan fingerprint density at radius 3 is 1.90 bits per heavy atom. The number of hydrogen-bond acceptors (Lipinski definition) is 3. The lowest BCUT2D eigenvalue weighted by Crippen LogP contribution is -2.20. The van der Waals surface area contributed by atoms with E-state index in [-0.39, 0.29) is 4.58 Å². The first kappa shape index (κ1) is 10.0. The lowest BCUT2D eigenvalue weighted by Gasteiger charge is -2.26. The van der Waals surface area contributed by atoms with Crippen molar-refractivity contribution in [2.75, 3.05) is 10.2 Å². The summed E-state index contributed by atoms with van der Waals surface area (Å²) >= 11 is 22.3. The molecule has 0 aromatic heterocycles. The molecule has 1 heterocycles. The van der Waals surface area contributed by atoms with Gasteiger partial charge in [-0.15, -0.1) is 35.3 Å². The summed E-state index contributed by atoms with van der Waals surface area (Å²) in [6.45, 7) is 0. The SMILES string of the molecule is ClC(Cl)(Cl)C1SCSCS1. The minimum Gasteiger partial charge on any atom is -0.140 e. The van der Waals surface area contributed by atoms with Crippen LogP contribution in [0.15, 0.2) is 0 Å². The van der Waals surface area contributed by atoms with Gasteiger partial charge in [0.25, 0.3) is 0 Å². The molecule has 6 heteroatoms. The molecule has 0 unspecified atom stereocenters. The molecule has 0 spiro atoms. The van der Waals surface area contributed by atoms with Crippen LogP contribution in [-0.4, -0.2) is 18.5 Å². The molecule has 1 aliphatic rings. The molecule has 1 fully saturated rings. The highest BCUT2D eigenvalue weighted by Crippen LogP contribution is 2.48. The number of thioether (sulfide) groups is 3. The summed E-state index contributed by atoms with van der Waals surface area (Å²) < 4.78 is -0.991. The smallest absolute Gasteiger partial charge is 0.140 e. The average Bonchev–Trinajstić information content (AvgIpc) is 1.88. The van der Waals surface area contributed by atoms with Crippen LogP contribution >= 0.6 is 70.1 Å². The van der Waals surface area contributed by atoms with Crippen LogP contribution in [0.25, 0.3) is 0 Å². The summed E-state index contributed by atoms with van der Waals surface area (Å²) in [5.41, 5.74) is 0. The van der Waals surface area contributed by atoms with Gasteiger partial charge in [0.15, 0.2) is 0 Å². The molecule has 60 valence electrons. The van der Waals surface area contributed by atoms with E-state index in [1.165, 1.54) is 0 Å². The van der Waals surface area contributed by atoms with Crippen LogP contribution in [0.5, 0.6) is 0 Å². The monoisotopic (exact) mass is 254 g/mol. The molecule has 0 N–H and O–H groups in total. The first-order chi connectivity index (χ1) is 4.61. The van der Waals surface area contributed by atoms with Gasteiger partial charge in [0, 0.05) is 10.2 Å². The Bertz CT molecular complexity index is 107. The van der Waals surface area contributed by atoms with Gasteiger partial charge >= 0.3 is 0 Å². The Kier molecular flexibility index (Phi) is 4.24. The highest BCUT2D eigenvalue weighted by Gasteiger charge is 2.34. The maximum Gasteiger partial charge on any atom is 0.211 e. The van der Waals surface area contributed by atoms with Crippen LogP contribution in [0.3, 0.4) is 0 Å². The predicted octanol–water partition coefficient (Wildman–Crippen LogP) is 3.81. The summed E-state index contributed by atoms with van der Waals surface area (Å²) in [6.07, 6.45) is 0. The van der Waals surface area contributed by atoms with Crippen molar-refractivity contribution in [1.82, 2.24) is 0 Å². The summed E-state index contributed by atoms with van der Waals surface area (Å²) in [5, 5.41) is 2.07. The second kappa shape index (κ2) is 4.24. The number of rotatable bonds is 0. The number of alkyl halides is 3. The van der Waals surface area contributed by atoms with Crippen LogP contribution in [0.4, 0.5) is 0 Å².